The minimum Gasteiger partial charge on any atom is -0.325 e. The van der Waals surface area contributed by atoms with E-state index < -0.39 is 10.0 Å². The predicted octanol–water partition coefficient (Wildman–Crippen LogP) is 5.13. The fourth-order valence-electron chi connectivity index (χ4n) is 3.12. The molecule has 0 amide bonds. The van der Waals surface area contributed by atoms with Crippen molar-refractivity contribution in [3.8, 4) is 11.1 Å². The van der Waals surface area contributed by atoms with Crippen LogP contribution in [-0.2, 0) is 10.0 Å². The average Bonchev–Trinajstić information content (AvgIpc) is 3.17. The number of rotatable bonds is 6. The SMILES string of the molecule is O=S(=O)(NC1CC1)c1ccc(-c2ccsc2)c(Nc2nc3ccc(Cl)cc3[nH]2)c1. The van der Waals surface area contributed by atoms with Crippen molar-refractivity contribution < 1.29 is 8.42 Å². The topological polar surface area (TPSA) is 86.9 Å². The highest BCUT2D eigenvalue weighted by Gasteiger charge is 2.28. The van der Waals surface area contributed by atoms with Crippen LogP contribution in [0.15, 0.2) is 58.1 Å². The van der Waals surface area contributed by atoms with E-state index in [4.69, 9.17) is 11.6 Å². The maximum Gasteiger partial charge on any atom is 0.240 e. The zero-order chi connectivity index (χ0) is 20.0. The van der Waals surface area contributed by atoms with E-state index in [2.05, 4.69) is 20.0 Å². The molecule has 2 aromatic carbocycles. The largest absolute Gasteiger partial charge is 0.325 e. The molecule has 0 spiro atoms. The molecule has 148 valence electrons. The predicted molar refractivity (Wildman–Crippen MR) is 117 cm³/mol. The molecule has 0 bridgehead atoms. The molecule has 2 aromatic heterocycles. The van der Waals surface area contributed by atoms with Gasteiger partial charge in [-0.25, -0.2) is 18.1 Å². The maximum absolute atomic E-state index is 12.7. The summed E-state index contributed by atoms with van der Waals surface area (Å²) in [5.41, 5.74) is 4.14. The molecule has 0 aliphatic heterocycles. The van der Waals surface area contributed by atoms with Gasteiger partial charge in [0, 0.05) is 16.6 Å². The number of thiophene rings is 1. The Morgan fingerprint density at radius 1 is 1.14 bits per heavy atom. The van der Waals surface area contributed by atoms with Gasteiger partial charge in [0.15, 0.2) is 0 Å². The van der Waals surface area contributed by atoms with E-state index in [1.807, 2.05) is 29.0 Å². The molecule has 9 heteroatoms. The second-order valence-corrected chi connectivity index (χ2v) is 9.92. The van der Waals surface area contributed by atoms with Crippen molar-refractivity contribution in [2.45, 2.75) is 23.8 Å². The van der Waals surface area contributed by atoms with Crippen LogP contribution in [0.3, 0.4) is 0 Å². The lowest BCUT2D eigenvalue weighted by Crippen LogP contribution is -2.25. The van der Waals surface area contributed by atoms with Crippen LogP contribution in [0.5, 0.6) is 0 Å². The molecule has 6 nitrogen and oxygen atoms in total. The number of aromatic amines is 1. The third-order valence-electron chi connectivity index (χ3n) is 4.73. The molecule has 1 aliphatic carbocycles. The summed E-state index contributed by atoms with van der Waals surface area (Å²) in [6, 6.07) is 12.6. The molecule has 0 saturated heterocycles. The second kappa shape index (κ2) is 7.14. The van der Waals surface area contributed by atoms with Crippen LogP contribution in [0.2, 0.25) is 5.02 Å². The molecule has 0 atom stereocenters. The Hall–Kier alpha value is -2.39. The molecule has 4 aromatic rings. The monoisotopic (exact) mass is 444 g/mol. The number of nitrogens with zero attached hydrogens (tertiary/aromatic N) is 1. The van der Waals surface area contributed by atoms with E-state index >= 15 is 0 Å². The van der Waals surface area contributed by atoms with Crippen LogP contribution in [0.1, 0.15) is 12.8 Å². The summed E-state index contributed by atoms with van der Waals surface area (Å²) in [7, 11) is -3.56. The third-order valence-corrected chi connectivity index (χ3v) is 7.17. The lowest BCUT2D eigenvalue weighted by atomic mass is 10.1. The fraction of sp³-hybridized carbons (Fsp3) is 0.150. The third kappa shape index (κ3) is 3.89. The van der Waals surface area contributed by atoms with Crippen LogP contribution in [0.25, 0.3) is 22.2 Å². The van der Waals surface area contributed by atoms with Gasteiger partial charge in [-0.15, -0.1) is 0 Å². The van der Waals surface area contributed by atoms with Gasteiger partial charge >= 0.3 is 0 Å². The Kier molecular flexibility index (Phi) is 4.59. The number of H-pyrrole nitrogens is 1. The first-order valence-corrected chi connectivity index (χ1v) is 11.9. The zero-order valence-corrected chi connectivity index (χ0v) is 17.5. The molecule has 3 N–H and O–H groups in total. The molecule has 0 unspecified atom stereocenters. The van der Waals surface area contributed by atoms with Gasteiger partial charge < -0.3 is 10.3 Å². The highest BCUT2D eigenvalue weighted by Crippen LogP contribution is 2.34. The van der Waals surface area contributed by atoms with E-state index in [0.29, 0.717) is 16.7 Å². The quantitative estimate of drug-likeness (QED) is 0.384. The van der Waals surface area contributed by atoms with Crippen LogP contribution in [-0.4, -0.2) is 24.4 Å². The number of nitrogens with one attached hydrogen (secondary N) is 3. The van der Waals surface area contributed by atoms with Gasteiger partial charge in [-0.1, -0.05) is 17.7 Å². The lowest BCUT2D eigenvalue weighted by Gasteiger charge is -2.13. The number of aromatic nitrogens is 2. The number of halogens is 1. The molecule has 1 saturated carbocycles. The van der Waals surface area contributed by atoms with Crippen molar-refractivity contribution in [2.24, 2.45) is 0 Å². The van der Waals surface area contributed by atoms with Gasteiger partial charge in [0.05, 0.1) is 21.6 Å². The number of imidazole rings is 1. The van der Waals surface area contributed by atoms with E-state index in [-0.39, 0.29) is 10.9 Å². The summed E-state index contributed by atoms with van der Waals surface area (Å²) in [6.45, 7) is 0. The van der Waals surface area contributed by atoms with Crippen molar-refractivity contribution >= 4 is 55.6 Å². The zero-order valence-electron chi connectivity index (χ0n) is 15.1. The highest BCUT2D eigenvalue weighted by molar-refractivity contribution is 7.89. The van der Waals surface area contributed by atoms with Crippen molar-refractivity contribution in [3.05, 3.63) is 58.2 Å². The first-order chi connectivity index (χ1) is 14.0. The van der Waals surface area contributed by atoms with Gasteiger partial charge in [-0.05, 0) is 65.6 Å². The smallest absolute Gasteiger partial charge is 0.240 e. The number of fused-ring (bicyclic) bond motifs is 1. The van der Waals surface area contributed by atoms with Crippen molar-refractivity contribution in [1.29, 1.82) is 0 Å². The van der Waals surface area contributed by atoms with E-state index in [1.165, 1.54) is 0 Å². The van der Waals surface area contributed by atoms with Crippen LogP contribution in [0, 0.1) is 0 Å². The number of sulfonamides is 1. The molecule has 1 aliphatic rings. The highest BCUT2D eigenvalue weighted by atomic mass is 35.5. The Labute approximate surface area is 177 Å². The van der Waals surface area contributed by atoms with E-state index in [1.54, 1.807) is 35.6 Å². The Bertz CT molecular complexity index is 1300. The van der Waals surface area contributed by atoms with Gasteiger partial charge in [-0.2, -0.15) is 11.3 Å². The number of hydrogen-bond donors (Lipinski definition) is 3. The molecule has 0 radical (unpaired) electrons. The molecule has 5 rings (SSSR count). The van der Waals surface area contributed by atoms with Gasteiger partial charge in [0.2, 0.25) is 16.0 Å². The van der Waals surface area contributed by atoms with Gasteiger partial charge in [-0.3, -0.25) is 0 Å². The summed E-state index contributed by atoms with van der Waals surface area (Å²) >= 11 is 7.64. The summed E-state index contributed by atoms with van der Waals surface area (Å²) in [5, 5.41) is 7.88. The molecular formula is C20H17ClN4O2S2. The number of hydrogen-bond acceptors (Lipinski definition) is 5. The number of anilines is 2. The van der Waals surface area contributed by atoms with Crippen LogP contribution >= 0.6 is 22.9 Å². The fourth-order valence-corrected chi connectivity index (χ4v) is 5.28. The molecule has 29 heavy (non-hydrogen) atoms. The normalized spacial score (nSPS) is 14.4. The van der Waals surface area contributed by atoms with Crippen molar-refractivity contribution in [2.75, 3.05) is 5.32 Å². The van der Waals surface area contributed by atoms with Crippen molar-refractivity contribution in [3.63, 3.8) is 0 Å². The van der Waals surface area contributed by atoms with Crippen molar-refractivity contribution in [1.82, 2.24) is 14.7 Å². The summed E-state index contributed by atoms with van der Waals surface area (Å²) in [5.74, 6) is 0.517. The van der Waals surface area contributed by atoms with Crippen LogP contribution < -0.4 is 10.0 Å². The lowest BCUT2D eigenvalue weighted by molar-refractivity contribution is 0.581. The summed E-state index contributed by atoms with van der Waals surface area (Å²) in [6.07, 6.45) is 1.78. The summed E-state index contributed by atoms with van der Waals surface area (Å²) < 4.78 is 28.1. The standard InChI is InChI=1S/C20H17ClN4O2S2/c21-13-1-6-17-19(9-13)24-20(22-17)23-18-10-15(29(26,27)25-14-2-3-14)4-5-16(18)12-7-8-28-11-12/h1,4-11,14,25H,2-3H2,(H2,22,23,24). The van der Waals surface area contributed by atoms with E-state index in [9.17, 15) is 8.42 Å². The molecule has 1 fully saturated rings. The Morgan fingerprint density at radius 2 is 2.00 bits per heavy atom. The van der Waals surface area contributed by atoms with Gasteiger partial charge in [0.1, 0.15) is 0 Å². The first kappa shape index (κ1) is 18.6. The summed E-state index contributed by atoms with van der Waals surface area (Å²) in [4.78, 5) is 7.95. The molecule has 2 heterocycles. The van der Waals surface area contributed by atoms with Crippen LogP contribution in [0.4, 0.5) is 11.6 Å². The van der Waals surface area contributed by atoms with E-state index in [0.717, 1.165) is 35.0 Å². The molecular weight excluding hydrogens is 428 g/mol. The second-order valence-electron chi connectivity index (χ2n) is 6.99. The Morgan fingerprint density at radius 3 is 2.76 bits per heavy atom. The minimum absolute atomic E-state index is 0.0491. The first-order valence-electron chi connectivity index (χ1n) is 9.09. The van der Waals surface area contributed by atoms with Gasteiger partial charge in [0.25, 0.3) is 0 Å². The maximum atomic E-state index is 12.7. The Balaban J connectivity index is 1.56. The minimum atomic E-state index is -3.56. The number of benzene rings is 2. The average molecular weight is 445 g/mol.